The summed E-state index contributed by atoms with van der Waals surface area (Å²) in [6.45, 7) is 8.53. The van der Waals surface area contributed by atoms with E-state index in [0.717, 1.165) is 77.8 Å². The van der Waals surface area contributed by atoms with Crippen molar-refractivity contribution in [1.29, 1.82) is 5.26 Å². The van der Waals surface area contributed by atoms with Crippen molar-refractivity contribution in [2.45, 2.75) is 112 Å². The summed E-state index contributed by atoms with van der Waals surface area (Å²) in [6, 6.07) is 20.8. The van der Waals surface area contributed by atoms with E-state index in [1.165, 1.54) is 17.4 Å². The zero-order valence-electron chi connectivity index (χ0n) is 57.8. The summed E-state index contributed by atoms with van der Waals surface area (Å²) in [7, 11) is -2.32. The van der Waals surface area contributed by atoms with Crippen LogP contribution in [0.2, 0.25) is 5.02 Å². The Morgan fingerprint density at radius 1 is 0.644 bits per heavy atom. The largest absolute Gasteiger partial charge is 0.491 e. The van der Waals surface area contributed by atoms with Gasteiger partial charge in [-0.05, 0) is 135 Å². The molecule has 2 saturated carbocycles. The average Bonchev–Trinajstić information content (AvgIpc) is 1.63. The summed E-state index contributed by atoms with van der Waals surface area (Å²) in [6.07, 6.45) is 12.1. The molecule has 31 heteroatoms. The monoisotopic (exact) mass is 1450 g/mol. The van der Waals surface area contributed by atoms with E-state index in [-0.39, 0.29) is 86.0 Å². The number of nitriles is 1. The van der Waals surface area contributed by atoms with Crippen LogP contribution in [-0.4, -0.2) is 229 Å². The Morgan fingerprint density at radius 3 is 1.75 bits per heavy atom. The molecule has 8 rings (SSSR count). The lowest BCUT2D eigenvalue weighted by Crippen LogP contribution is -2.50. The number of ether oxygens (including phenoxy) is 9. The van der Waals surface area contributed by atoms with Gasteiger partial charge in [-0.3, -0.25) is 9.78 Å². The van der Waals surface area contributed by atoms with Crippen LogP contribution >= 0.6 is 11.6 Å². The molecule has 3 heterocycles. The van der Waals surface area contributed by atoms with Crippen molar-refractivity contribution >= 4 is 51.7 Å². The number of hydrogen-bond donors (Lipinski definition) is 9. The number of nitrogens with zero attached hydrogens (tertiary/aromatic N) is 4. The highest BCUT2D eigenvalue weighted by molar-refractivity contribution is 7.89. The number of para-hydroxylation sites is 1. The minimum Gasteiger partial charge on any atom is -0.491 e. The van der Waals surface area contributed by atoms with E-state index in [0.29, 0.717) is 174 Å². The second kappa shape index (κ2) is 43.3. The van der Waals surface area contributed by atoms with E-state index in [9.17, 15) is 37.7 Å². The Labute approximate surface area is 597 Å². The third kappa shape index (κ3) is 27.6. The standard InChI is InChI=1S/C70H100ClN13O16S/c1-83(101(90,91)58-16-17-62(71)54(46-58)51-99-70(19-20-70)61-50-73-24-18-59(61)60-10-2-3-11-64(60)100-56-14-15-56)30-7-6-23-76-68(88)79-27-34-94-38-37-92-32-25-77-66(86)74-21-4-5-22-75-67(87)78-26-33-93-39-40-95-35-28-80-69(89)81-29-36-96-41-42-97-43-44-98-57-13-12-52-47-63(82-49-53(52)45-57)65(85)84-31-8-9-55(84)48-72/h2-3,10-13,16-18,24,45-46,50,55-56,63,82H,4-9,14-15,19-23,25-44,47,49,51H2,1H3,(H2,74,77,86)(H2,75,78,87)(H2,76,79,88)(H2,80,81,89)/t55-,63-/m0/s1. The van der Waals surface area contributed by atoms with Crippen LogP contribution in [0.5, 0.6) is 11.5 Å². The van der Waals surface area contributed by atoms with Crippen molar-refractivity contribution < 1.29 is 75.0 Å². The van der Waals surface area contributed by atoms with Crippen molar-refractivity contribution in [3.8, 4) is 28.7 Å². The molecule has 0 bridgehead atoms. The van der Waals surface area contributed by atoms with Gasteiger partial charge in [0, 0.05) is 108 Å². The number of unbranched alkanes of at least 4 members (excludes halogenated alkanes) is 2. The molecule has 29 nitrogen and oxygen atoms in total. The molecule has 3 aromatic carbocycles. The number of rotatable bonds is 48. The molecular formula is C70H100ClN13O16S. The van der Waals surface area contributed by atoms with Gasteiger partial charge >= 0.3 is 24.1 Å². The lowest BCUT2D eigenvalue weighted by atomic mass is 9.94. The first-order valence-electron chi connectivity index (χ1n) is 35.0. The number of amides is 9. The van der Waals surface area contributed by atoms with E-state index in [1.807, 2.05) is 54.7 Å². The number of carbonyl (C=O) groups excluding carboxylic acids is 5. The molecule has 1 aromatic heterocycles. The molecule has 2 atom stereocenters. The summed E-state index contributed by atoms with van der Waals surface area (Å²) in [5.74, 6) is 1.56. The highest BCUT2D eigenvalue weighted by Gasteiger charge is 2.48. The maximum Gasteiger partial charge on any atom is 0.314 e. The number of sulfonamides is 1. The first-order chi connectivity index (χ1) is 49.2. The van der Waals surface area contributed by atoms with Crippen molar-refractivity contribution in [3.05, 3.63) is 106 Å². The first kappa shape index (κ1) is 79.0. The molecule has 3 fully saturated rings. The zero-order valence-corrected chi connectivity index (χ0v) is 59.4. The number of hydrogen-bond acceptors (Lipinski definition) is 19. The molecule has 9 N–H and O–H groups in total. The number of pyridine rings is 1. The fourth-order valence-corrected chi connectivity index (χ4v) is 12.6. The SMILES string of the molecule is CN(CCCCNC(=O)NCCOCCOCCNC(=O)NCCCCNC(=O)NCCOCCOCCNC(=O)NCCOCCOCCOc1ccc2c(c1)CN[C@H](C(=O)N1CCC[C@H]1C#N)C2)S(=O)(=O)c1ccc(Cl)c(COC2(c3cnccc3-c3ccccc3OC3CC3)CC2)c1. The van der Waals surface area contributed by atoms with Crippen LogP contribution in [0.15, 0.2) is 84.0 Å². The number of urea groups is 4. The minimum absolute atomic E-state index is 0.00471. The summed E-state index contributed by atoms with van der Waals surface area (Å²) in [5, 5.41) is 35.0. The quantitative estimate of drug-likeness (QED) is 0.0255. The molecule has 2 aliphatic heterocycles. The van der Waals surface area contributed by atoms with E-state index in [1.54, 1.807) is 23.2 Å². The van der Waals surface area contributed by atoms with Crippen molar-refractivity contribution in [3.63, 3.8) is 0 Å². The summed E-state index contributed by atoms with van der Waals surface area (Å²) in [5.41, 5.74) is 5.10. The van der Waals surface area contributed by atoms with Crippen molar-refractivity contribution in [1.82, 2.24) is 62.0 Å². The van der Waals surface area contributed by atoms with Gasteiger partial charge in [0.1, 0.15) is 24.1 Å². The Balaban J connectivity index is 0.516. The molecule has 4 aromatic rings. The van der Waals surface area contributed by atoms with Crippen LogP contribution in [0, 0.1) is 11.3 Å². The molecule has 4 aliphatic rings. The molecule has 1 saturated heterocycles. The fourth-order valence-electron chi connectivity index (χ4n) is 11.1. The normalized spacial score (nSPS) is 16.0. The van der Waals surface area contributed by atoms with E-state index in [4.69, 9.17) is 54.2 Å². The van der Waals surface area contributed by atoms with Gasteiger partial charge in [-0.15, -0.1) is 0 Å². The number of benzene rings is 3. The Hall–Kier alpha value is -7.67. The van der Waals surface area contributed by atoms with Crippen LogP contribution in [-0.2, 0) is 73.1 Å². The van der Waals surface area contributed by atoms with Gasteiger partial charge < -0.3 is 95.4 Å². The molecule has 101 heavy (non-hydrogen) atoms. The minimum atomic E-state index is -3.85. The average molecular weight is 1450 g/mol. The lowest BCUT2D eigenvalue weighted by molar-refractivity contribution is -0.133. The predicted octanol–water partition coefficient (Wildman–Crippen LogP) is 5.23. The van der Waals surface area contributed by atoms with Gasteiger partial charge in [0.05, 0.1) is 115 Å². The van der Waals surface area contributed by atoms with Gasteiger partial charge in [-0.2, -0.15) is 5.26 Å². The Bertz CT molecular complexity index is 3400. The van der Waals surface area contributed by atoms with Gasteiger partial charge in [-0.1, -0.05) is 35.9 Å². The number of aromatic nitrogens is 1. The first-order valence-corrected chi connectivity index (χ1v) is 36.9. The zero-order chi connectivity index (χ0) is 71.3. The summed E-state index contributed by atoms with van der Waals surface area (Å²) in [4.78, 5) is 67.9. The number of nitrogens with one attached hydrogen (secondary N) is 9. The van der Waals surface area contributed by atoms with Gasteiger partial charge in [-0.25, -0.2) is 31.9 Å². The van der Waals surface area contributed by atoms with Crippen molar-refractivity contribution in [2.24, 2.45) is 0 Å². The van der Waals surface area contributed by atoms with E-state index in [2.05, 4.69) is 58.9 Å². The van der Waals surface area contributed by atoms with Crippen LogP contribution in [0.4, 0.5) is 19.2 Å². The fraction of sp³-hybridized carbons (Fsp3) is 0.586. The highest BCUT2D eigenvalue weighted by atomic mass is 35.5. The van der Waals surface area contributed by atoms with Crippen LogP contribution in [0.3, 0.4) is 0 Å². The topological polar surface area (TPSA) is 354 Å². The van der Waals surface area contributed by atoms with Gasteiger partial charge in [0.25, 0.3) is 0 Å². The molecular weight excluding hydrogens is 1350 g/mol. The lowest BCUT2D eigenvalue weighted by Gasteiger charge is -2.30. The Morgan fingerprint density at radius 2 is 1.19 bits per heavy atom. The molecule has 0 unspecified atom stereocenters. The predicted molar refractivity (Wildman–Crippen MR) is 376 cm³/mol. The second-order valence-electron chi connectivity index (χ2n) is 24.7. The molecule has 554 valence electrons. The number of likely N-dealkylation sites (tertiary alicyclic amines) is 1. The van der Waals surface area contributed by atoms with Crippen LogP contribution < -0.4 is 57.3 Å². The molecule has 9 amide bonds. The number of carbonyl (C=O) groups is 5. The number of halogens is 1. The van der Waals surface area contributed by atoms with Gasteiger partial charge in [0.15, 0.2) is 0 Å². The molecule has 0 radical (unpaired) electrons. The van der Waals surface area contributed by atoms with Crippen LogP contribution in [0.25, 0.3) is 11.1 Å². The third-order valence-corrected chi connectivity index (χ3v) is 19.2. The van der Waals surface area contributed by atoms with Crippen LogP contribution in [0.1, 0.15) is 86.5 Å². The highest BCUT2D eigenvalue weighted by Crippen LogP contribution is 2.53. The Kier molecular flexibility index (Phi) is 33.9. The molecule has 0 spiro atoms. The smallest absolute Gasteiger partial charge is 0.314 e. The maximum atomic E-state index is 13.7. The summed E-state index contributed by atoms with van der Waals surface area (Å²) < 4.78 is 80.5. The second-order valence-corrected chi connectivity index (χ2v) is 27.1. The van der Waals surface area contributed by atoms with Crippen molar-refractivity contribution in [2.75, 3.05) is 158 Å². The maximum absolute atomic E-state index is 13.7. The summed E-state index contributed by atoms with van der Waals surface area (Å²) >= 11 is 6.62. The number of fused-ring (bicyclic) bond motifs is 1. The van der Waals surface area contributed by atoms with Gasteiger partial charge in [0.2, 0.25) is 15.9 Å². The van der Waals surface area contributed by atoms with E-state index >= 15 is 0 Å². The third-order valence-electron chi connectivity index (χ3n) is 17.0. The van der Waals surface area contributed by atoms with E-state index < -0.39 is 15.6 Å². The molecule has 2 aliphatic carbocycles.